The van der Waals surface area contributed by atoms with Crippen molar-refractivity contribution in [1.82, 2.24) is 9.13 Å². The molecule has 0 aliphatic carbocycles. The number of fused-ring (bicyclic) bond motifs is 8. The van der Waals surface area contributed by atoms with E-state index in [0.717, 1.165) is 0 Å². The van der Waals surface area contributed by atoms with Crippen LogP contribution in [0.4, 0.5) is 0 Å². The normalized spacial score (nSPS) is 13.9. The van der Waals surface area contributed by atoms with Gasteiger partial charge in [0.25, 0.3) is 0 Å². The number of aromatic nitrogens is 2. The molecule has 0 amide bonds. The zero-order valence-corrected chi connectivity index (χ0v) is 29.3. The summed E-state index contributed by atoms with van der Waals surface area (Å²) in [5, 5.41) is 9.31. The first-order valence-electron chi connectivity index (χ1n) is 18.0. The van der Waals surface area contributed by atoms with Crippen LogP contribution in [0.15, 0.2) is 194 Å². The lowest BCUT2D eigenvalue weighted by molar-refractivity contribution is 1.18. The lowest BCUT2D eigenvalue weighted by Crippen LogP contribution is -2.64. The predicted octanol–water partition coefficient (Wildman–Crippen LogP) is 8.47. The van der Waals surface area contributed by atoms with E-state index < -0.39 is 7.92 Å². The largest absolute Gasteiger partial charge is 0.309 e. The van der Waals surface area contributed by atoms with Crippen molar-refractivity contribution in [3.63, 3.8) is 0 Å². The second-order valence-corrected chi connectivity index (χ2v) is 15.9. The van der Waals surface area contributed by atoms with Crippen LogP contribution in [0.25, 0.3) is 55.0 Å². The van der Waals surface area contributed by atoms with Crippen LogP contribution in [0.3, 0.4) is 0 Å². The summed E-state index contributed by atoms with van der Waals surface area (Å²) in [7, 11) is -0.785. The van der Waals surface area contributed by atoms with Crippen molar-refractivity contribution in [3.8, 4) is 11.4 Å². The number of nitrogens with zero attached hydrogens (tertiary/aromatic N) is 2. The number of benzene rings is 8. The summed E-state index contributed by atoms with van der Waals surface area (Å²) >= 11 is 0. The van der Waals surface area contributed by atoms with Crippen LogP contribution in [-0.4, -0.2) is 15.8 Å². The molecule has 1 aliphatic heterocycles. The fourth-order valence-corrected chi connectivity index (χ4v) is 11.5. The molecule has 10 aromatic rings. The van der Waals surface area contributed by atoms with E-state index in [4.69, 9.17) is 0 Å². The number of para-hydroxylation sites is 3. The average molecular weight is 679 g/mol. The van der Waals surface area contributed by atoms with Crippen LogP contribution in [0.1, 0.15) is 0 Å². The monoisotopic (exact) mass is 678 g/mol. The maximum Gasteiger partial charge on any atom is 0.242 e. The molecule has 0 saturated heterocycles. The van der Waals surface area contributed by atoms with E-state index >= 15 is 0 Å². The standard InChI is InChI=1S/C48H32BN2P/c1-4-16-33(17-5-1)49-41-24-12-15-27-47(41)52(36-20-8-3-9-21-36)48-30-35(28-29-42(48)49)51-44-26-14-11-23-38(44)40-31-45-39(32-46(40)51)37-22-10-13-25-43(37)50(45)34-18-6-2-7-19-34/h1-32H. The van der Waals surface area contributed by atoms with Crippen LogP contribution < -0.4 is 32.3 Å². The molecule has 52 heavy (non-hydrogen) atoms. The molecular weight excluding hydrogens is 646 g/mol. The second kappa shape index (κ2) is 11.7. The van der Waals surface area contributed by atoms with E-state index in [2.05, 4.69) is 203 Å². The van der Waals surface area contributed by atoms with Gasteiger partial charge in [-0.2, -0.15) is 0 Å². The van der Waals surface area contributed by atoms with Crippen molar-refractivity contribution in [3.05, 3.63) is 194 Å². The minimum atomic E-state index is -0.785. The molecule has 242 valence electrons. The molecule has 1 unspecified atom stereocenters. The Labute approximate surface area is 304 Å². The molecule has 1 aliphatic rings. The molecule has 0 spiro atoms. The molecule has 11 rings (SSSR count). The van der Waals surface area contributed by atoms with Gasteiger partial charge in [0.05, 0.1) is 22.1 Å². The molecule has 0 N–H and O–H groups in total. The first kappa shape index (κ1) is 29.6. The molecule has 8 aromatic carbocycles. The molecule has 0 fully saturated rings. The van der Waals surface area contributed by atoms with Gasteiger partial charge >= 0.3 is 0 Å². The second-order valence-electron chi connectivity index (χ2n) is 13.7. The SMILES string of the molecule is c1ccc(B2c3ccccc3P(c3ccccc3)c3cc(-n4c5ccccc5c5cc6c(cc54)c4ccccc4n6-c4ccccc4)ccc32)cc1. The average Bonchev–Trinajstić information content (AvgIpc) is 3.71. The van der Waals surface area contributed by atoms with E-state index in [0.29, 0.717) is 0 Å². The van der Waals surface area contributed by atoms with Crippen molar-refractivity contribution in [2.45, 2.75) is 0 Å². The smallest absolute Gasteiger partial charge is 0.242 e. The molecule has 2 aromatic heterocycles. The topological polar surface area (TPSA) is 9.86 Å². The van der Waals surface area contributed by atoms with Crippen molar-refractivity contribution in [1.29, 1.82) is 0 Å². The van der Waals surface area contributed by atoms with E-state index in [1.807, 2.05) is 0 Å². The third-order valence-corrected chi connectivity index (χ3v) is 13.5. The minimum absolute atomic E-state index is 0.172. The Balaban J connectivity index is 1.21. The van der Waals surface area contributed by atoms with Crippen LogP contribution in [0.2, 0.25) is 0 Å². The van der Waals surface area contributed by atoms with Gasteiger partial charge in [0.1, 0.15) is 0 Å². The van der Waals surface area contributed by atoms with Gasteiger partial charge in [0.2, 0.25) is 6.71 Å². The fourth-order valence-electron chi connectivity index (χ4n) is 8.77. The highest BCUT2D eigenvalue weighted by Crippen LogP contribution is 2.40. The van der Waals surface area contributed by atoms with E-state index in [9.17, 15) is 0 Å². The highest BCUT2D eigenvalue weighted by atomic mass is 31.1. The summed E-state index contributed by atoms with van der Waals surface area (Å²) in [5.41, 5.74) is 11.4. The maximum atomic E-state index is 2.52. The molecule has 3 heterocycles. The number of hydrogen-bond donors (Lipinski definition) is 0. The summed E-state index contributed by atoms with van der Waals surface area (Å²) in [4.78, 5) is 0. The van der Waals surface area contributed by atoms with Crippen molar-refractivity contribution < 1.29 is 0 Å². The Hall–Kier alpha value is -6.15. The summed E-state index contributed by atoms with van der Waals surface area (Å²) in [6, 6.07) is 72.0. The lowest BCUT2D eigenvalue weighted by Gasteiger charge is -2.34. The summed E-state index contributed by atoms with van der Waals surface area (Å²) in [6.07, 6.45) is 0. The van der Waals surface area contributed by atoms with Gasteiger partial charge in [-0.05, 0) is 72.4 Å². The van der Waals surface area contributed by atoms with Crippen LogP contribution in [-0.2, 0) is 0 Å². The molecule has 2 nitrogen and oxygen atoms in total. The summed E-state index contributed by atoms with van der Waals surface area (Å²) in [5.74, 6) is 0. The van der Waals surface area contributed by atoms with Gasteiger partial charge in [-0.25, -0.2) is 0 Å². The third kappa shape index (κ3) is 4.36. The highest BCUT2D eigenvalue weighted by Gasteiger charge is 2.36. The van der Waals surface area contributed by atoms with Gasteiger partial charge in [-0.15, -0.1) is 0 Å². The first-order valence-corrected chi connectivity index (χ1v) is 19.3. The zero-order valence-electron chi connectivity index (χ0n) is 28.4. The molecular formula is C48H32BN2P. The van der Waals surface area contributed by atoms with Crippen LogP contribution >= 0.6 is 7.92 Å². The predicted molar refractivity (Wildman–Crippen MR) is 225 cm³/mol. The Morgan fingerprint density at radius 1 is 0.346 bits per heavy atom. The first-order chi connectivity index (χ1) is 25.8. The van der Waals surface area contributed by atoms with Crippen molar-refractivity contribution >= 4 is 90.5 Å². The molecule has 0 bridgehead atoms. The third-order valence-electron chi connectivity index (χ3n) is 10.9. The minimum Gasteiger partial charge on any atom is -0.309 e. The van der Waals surface area contributed by atoms with Crippen molar-refractivity contribution in [2.24, 2.45) is 0 Å². The number of rotatable bonds is 4. The molecule has 0 radical (unpaired) electrons. The van der Waals surface area contributed by atoms with E-state index in [1.54, 1.807) is 0 Å². The van der Waals surface area contributed by atoms with Gasteiger partial charge in [-0.3, -0.25) is 0 Å². The zero-order chi connectivity index (χ0) is 34.2. The maximum absolute atomic E-state index is 2.52. The van der Waals surface area contributed by atoms with Gasteiger partial charge in [0.15, 0.2) is 0 Å². The van der Waals surface area contributed by atoms with Gasteiger partial charge < -0.3 is 9.13 Å². The fraction of sp³-hybridized carbons (Fsp3) is 0. The Morgan fingerprint density at radius 2 is 0.865 bits per heavy atom. The van der Waals surface area contributed by atoms with Crippen molar-refractivity contribution in [2.75, 3.05) is 0 Å². The Bertz CT molecular complexity index is 2960. The van der Waals surface area contributed by atoms with E-state index in [-0.39, 0.29) is 6.71 Å². The Morgan fingerprint density at radius 3 is 1.54 bits per heavy atom. The van der Waals surface area contributed by atoms with Gasteiger partial charge in [-0.1, -0.05) is 162 Å². The van der Waals surface area contributed by atoms with Crippen LogP contribution in [0, 0.1) is 0 Å². The van der Waals surface area contributed by atoms with Crippen LogP contribution in [0.5, 0.6) is 0 Å². The summed E-state index contributed by atoms with van der Waals surface area (Å²) < 4.78 is 4.93. The Kier molecular flexibility index (Phi) is 6.66. The molecule has 0 saturated carbocycles. The molecule has 1 atom stereocenters. The van der Waals surface area contributed by atoms with E-state index in [1.165, 1.54) is 87.3 Å². The molecule has 4 heteroatoms. The highest BCUT2D eigenvalue weighted by molar-refractivity contribution is 7.81. The lowest BCUT2D eigenvalue weighted by atomic mass is 9.36. The quantitative estimate of drug-likeness (QED) is 0.131. The summed E-state index contributed by atoms with van der Waals surface area (Å²) in [6.45, 7) is 0.172. The number of hydrogen-bond acceptors (Lipinski definition) is 0. The van der Waals surface area contributed by atoms with Gasteiger partial charge in [0, 0.05) is 32.9 Å².